The van der Waals surface area contributed by atoms with Gasteiger partial charge in [-0.1, -0.05) is 43.8 Å². The second-order valence-corrected chi connectivity index (χ2v) is 7.56. The number of carbonyl (C=O) groups excluding carboxylic acids is 2. The maximum Gasteiger partial charge on any atom is 0.251 e. The van der Waals surface area contributed by atoms with E-state index >= 15 is 0 Å². The van der Waals surface area contributed by atoms with E-state index in [0.29, 0.717) is 22.3 Å². The van der Waals surface area contributed by atoms with E-state index in [2.05, 4.69) is 40.0 Å². The predicted molar refractivity (Wildman–Crippen MR) is 112 cm³/mol. The zero-order valence-electron chi connectivity index (χ0n) is 16.4. The highest BCUT2D eigenvalue weighted by Crippen LogP contribution is 2.21. The summed E-state index contributed by atoms with van der Waals surface area (Å²) in [5.74, 6) is 0.151. The van der Waals surface area contributed by atoms with Gasteiger partial charge in [-0.25, -0.2) is 0 Å². The van der Waals surface area contributed by atoms with Gasteiger partial charge in [0.25, 0.3) is 5.91 Å². The van der Waals surface area contributed by atoms with Crippen molar-refractivity contribution in [2.45, 2.75) is 24.9 Å². The molecule has 3 rings (SSSR count). The van der Waals surface area contributed by atoms with Crippen LogP contribution in [0.5, 0.6) is 0 Å². The lowest BCUT2D eigenvalue weighted by atomic mass is 10.0. The minimum Gasteiger partial charge on any atom is -0.355 e. The lowest BCUT2D eigenvalue weighted by Crippen LogP contribution is -2.19. The second-order valence-electron chi connectivity index (χ2n) is 6.62. The summed E-state index contributed by atoms with van der Waals surface area (Å²) in [7, 11) is 1.56. The first-order valence-corrected chi connectivity index (χ1v) is 10.1. The molecule has 0 bridgehead atoms. The van der Waals surface area contributed by atoms with E-state index in [1.807, 2.05) is 24.3 Å². The zero-order valence-corrected chi connectivity index (χ0v) is 17.2. The highest BCUT2D eigenvalue weighted by atomic mass is 32.2. The molecule has 29 heavy (non-hydrogen) atoms. The molecule has 0 aliphatic heterocycles. The molecule has 0 aliphatic carbocycles. The summed E-state index contributed by atoms with van der Waals surface area (Å²) >= 11 is 1.24. The largest absolute Gasteiger partial charge is 0.355 e. The van der Waals surface area contributed by atoms with Gasteiger partial charge >= 0.3 is 0 Å². The SMILES string of the molecule is CNC(=O)c1cccc(NC(=O)CSc2nnnn2-c2ccc(C(C)C)cc2)c1. The molecule has 0 radical (unpaired) electrons. The van der Waals surface area contributed by atoms with E-state index in [0.717, 1.165) is 5.69 Å². The van der Waals surface area contributed by atoms with Gasteiger partial charge in [0, 0.05) is 18.3 Å². The van der Waals surface area contributed by atoms with E-state index < -0.39 is 0 Å². The number of anilines is 1. The number of hydrogen-bond acceptors (Lipinski definition) is 6. The van der Waals surface area contributed by atoms with Gasteiger partial charge < -0.3 is 10.6 Å². The van der Waals surface area contributed by atoms with Crippen molar-refractivity contribution in [3.8, 4) is 5.69 Å². The Bertz CT molecular complexity index is 1000. The summed E-state index contributed by atoms with van der Waals surface area (Å²) in [5.41, 5.74) is 3.10. The quantitative estimate of drug-likeness (QED) is 0.581. The standard InChI is InChI=1S/C20H22N6O2S/c1-13(2)14-7-9-17(10-8-14)26-20(23-24-25-26)29-12-18(27)22-16-6-4-5-15(11-16)19(28)21-3/h4-11,13H,12H2,1-3H3,(H,21,28)(H,22,27). The number of nitrogens with zero attached hydrogens (tertiary/aromatic N) is 4. The molecular weight excluding hydrogens is 388 g/mol. The molecule has 0 saturated carbocycles. The molecule has 150 valence electrons. The van der Waals surface area contributed by atoms with E-state index in [9.17, 15) is 9.59 Å². The van der Waals surface area contributed by atoms with Gasteiger partial charge in [0.15, 0.2) is 0 Å². The molecule has 3 aromatic rings. The predicted octanol–water partition coefficient (Wildman–Crippen LogP) is 2.88. The van der Waals surface area contributed by atoms with E-state index in [4.69, 9.17) is 0 Å². The molecule has 0 atom stereocenters. The summed E-state index contributed by atoms with van der Waals surface area (Å²) in [4.78, 5) is 24.0. The van der Waals surface area contributed by atoms with Gasteiger partial charge in [-0.3, -0.25) is 9.59 Å². The van der Waals surface area contributed by atoms with Crippen LogP contribution in [0.15, 0.2) is 53.7 Å². The van der Waals surface area contributed by atoms with Gasteiger partial charge in [-0.15, -0.1) is 5.10 Å². The van der Waals surface area contributed by atoms with Crippen LogP contribution in [0, 0.1) is 0 Å². The molecule has 2 aromatic carbocycles. The molecule has 8 nitrogen and oxygen atoms in total. The van der Waals surface area contributed by atoms with Crippen LogP contribution < -0.4 is 10.6 Å². The molecule has 1 aromatic heterocycles. The van der Waals surface area contributed by atoms with Crippen molar-refractivity contribution in [2.75, 3.05) is 18.1 Å². The average molecular weight is 411 g/mol. The van der Waals surface area contributed by atoms with Crippen LogP contribution in [-0.4, -0.2) is 44.8 Å². The van der Waals surface area contributed by atoms with Crippen LogP contribution in [0.25, 0.3) is 5.69 Å². The number of thioether (sulfide) groups is 1. The lowest BCUT2D eigenvalue weighted by Gasteiger charge is -2.08. The number of carbonyl (C=O) groups is 2. The minimum atomic E-state index is -0.214. The van der Waals surface area contributed by atoms with Crippen LogP contribution in [0.4, 0.5) is 5.69 Å². The fourth-order valence-corrected chi connectivity index (χ4v) is 3.33. The van der Waals surface area contributed by atoms with E-state index in [-0.39, 0.29) is 17.6 Å². The Hall–Kier alpha value is -3.20. The summed E-state index contributed by atoms with van der Waals surface area (Å²) < 4.78 is 1.61. The number of nitrogens with one attached hydrogen (secondary N) is 2. The van der Waals surface area contributed by atoms with Gasteiger partial charge in [0.05, 0.1) is 11.4 Å². The molecule has 0 aliphatic rings. The highest BCUT2D eigenvalue weighted by Gasteiger charge is 2.13. The van der Waals surface area contributed by atoms with Gasteiger partial charge in [0.1, 0.15) is 0 Å². The number of aromatic nitrogens is 4. The van der Waals surface area contributed by atoms with Crippen molar-refractivity contribution in [2.24, 2.45) is 0 Å². The average Bonchev–Trinajstić information content (AvgIpc) is 3.20. The Morgan fingerprint density at radius 2 is 1.90 bits per heavy atom. The summed E-state index contributed by atoms with van der Waals surface area (Å²) in [6.45, 7) is 4.27. The van der Waals surface area contributed by atoms with Crippen LogP contribution >= 0.6 is 11.8 Å². The topological polar surface area (TPSA) is 102 Å². The third-order valence-electron chi connectivity index (χ3n) is 4.21. The third kappa shape index (κ3) is 5.20. The van der Waals surface area contributed by atoms with Crippen molar-refractivity contribution >= 4 is 29.3 Å². The van der Waals surface area contributed by atoms with E-state index in [1.54, 1.807) is 36.0 Å². The Balaban J connectivity index is 1.63. The monoisotopic (exact) mass is 410 g/mol. The number of hydrogen-bond donors (Lipinski definition) is 2. The smallest absolute Gasteiger partial charge is 0.251 e. The van der Waals surface area contributed by atoms with Crippen LogP contribution in [0.2, 0.25) is 0 Å². The molecule has 0 saturated heterocycles. The molecule has 9 heteroatoms. The number of rotatable bonds is 7. The Morgan fingerprint density at radius 1 is 1.14 bits per heavy atom. The zero-order chi connectivity index (χ0) is 20.8. The van der Waals surface area contributed by atoms with Crippen molar-refractivity contribution in [1.29, 1.82) is 0 Å². The lowest BCUT2D eigenvalue weighted by molar-refractivity contribution is -0.113. The summed E-state index contributed by atoms with van der Waals surface area (Å²) in [6, 6.07) is 14.8. The van der Waals surface area contributed by atoms with Gasteiger partial charge in [-0.2, -0.15) is 4.68 Å². The van der Waals surface area contributed by atoms with Crippen molar-refractivity contribution < 1.29 is 9.59 Å². The van der Waals surface area contributed by atoms with Crippen LogP contribution in [0.3, 0.4) is 0 Å². The molecular formula is C20H22N6O2S. The fourth-order valence-electron chi connectivity index (χ4n) is 2.64. The molecule has 0 spiro atoms. The summed E-state index contributed by atoms with van der Waals surface area (Å²) in [5, 5.41) is 17.6. The first kappa shape index (κ1) is 20.5. The molecule has 1 heterocycles. The first-order chi connectivity index (χ1) is 14.0. The number of benzene rings is 2. The number of amides is 2. The molecule has 2 amide bonds. The molecule has 0 fully saturated rings. The Kier molecular flexibility index (Phi) is 6.61. The minimum absolute atomic E-state index is 0.134. The number of tetrazole rings is 1. The maximum atomic E-state index is 12.3. The Labute approximate surface area is 173 Å². The Morgan fingerprint density at radius 3 is 2.59 bits per heavy atom. The highest BCUT2D eigenvalue weighted by molar-refractivity contribution is 7.99. The molecule has 0 unspecified atom stereocenters. The maximum absolute atomic E-state index is 12.3. The van der Waals surface area contributed by atoms with Gasteiger partial charge in [0.2, 0.25) is 11.1 Å². The van der Waals surface area contributed by atoms with Crippen LogP contribution in [-0.2, 0) is 4.79 Å². The van der Waals surface area contributed by atoms with E-state index in [1.165, 1.54) is 17.3 Å². The van der Waals surface area contributed by atoms with Crippen LogP contribution in [0.1, 0.15) is 35.7 Å². The third-order valence-corrected chi connectivity index (χ3v) is 5.13. The fraction of sp³-hybridized carbons (Fsp3) is 0.250. The second kappa shape index (κ2) is 9.33. The molecule has 2 N–H and O–H groups in total. The first-order valence-electron chi connectivity index (χ1n) is 9.11. The van der Waals surface area contributed by atoms with Crippen molar-refractivity contribution in [1.82, 2.24) is 25.5 Å². The van der Waals surface area contributed by atoms with Crippen molar-refractivity contribution in [3.05, 3.63) is 59.7 Å². The normalized spacial score (nSPS) is 10.8. The summed E-state index contributed by atoms with van der Waals surface area (Å²) in [6.07, 6.45) is 0. The van der Waals surface area contributed by atoms with Gasteiger partial charge in [-0.05, 0) is 52.2 Å². The van der Waals surface area contributed by atoms with Crippen molar-refractivity contribution in [3.63, 3.8) is 0 Å².